The molecule has 134 valence electrons. The van der Waals surface area contributed by atoms with Gasteiger partial charge >= 0.3 is 11.9 Å². The average Bonchev–Trinajstić information content (AvgIpc) is 2.87. The van der Waals surface area contributed by atoms with Gasteiger partial charge in [0.15, 0.2) is 0 Å². The van der Waals surface area contributed by atoms with Crippen LogP contribution in [0.5, 0.6) is 0 Å². The van der Waals surface area contributed by atoms with Crippen molar-refractivity contribution >= 4 is 11.9 Å². The highest BCUT2D eigenvalue weighted by molar-refractivity contribution is 5.95. The van der Waals surface area contributed by atoms with E-state index in [4.69, 9.17) is 4.74 Å². The van der Waals surface area contributed by atoms with Crippen molar-refractivity contribution in [1.29, 1.82) is 0 Å². The zero-order valence-electron chi connectivity index (χ0n) is 15.5. The number of carbonyl (C=O) groups is 2. The first-order chi connectivity index (χ1) is 11.0. The Bertz CT molecular complexity index is 364. The molecular weight excluding hydrogens is 288 g/mol. The molecule has 1 aliphatic rings. The number of hydrogen-bond acceptors (Lipinski definition) is 3. The van der Waals surface area contributed by atoms with Crippen LogP contribution in [0, 0.1) is 11.3 Å². The predicted molar refractivity (Wildman–Crippen MR) is 94.1 cm³/mol. The Labute approximate surface area is 142 Å². The highest BCUT2D eigenvalue weighted by Gasteiger charge is 2.45. The van der Waals surface area contributed by atoms with Crippen molar-refractivity contribution in [1.82, 2.24) is 0 Å². The van der Waals surface area contributed by atoms with Gasteiger partial charge in [-0.2, -0.15) is 0 Å². The molecule has 3 heteroatoms. The summed E-state index contributed by atoms with van der Waals surface area (Å²) in [5.74, 6) is -0.825. The van der Waals surface area contributed by atoms with Crippen molar-refractivity contribution in [3.8, 4) is 0 Å². The molecule has 2 unspecified atom stereocenters. The molecule has 1 fully saturated rings. The van der Waals surface area contributed by atoms with Gasteiger partial charge in [0.2, 0.25) is 0 Å². The Morgan fingerprint density at radius 1 is 0.870 bits per heavy atom. The van der Waals surface area contributed by atoms with Gasteiger partial charge < -0.3 is 4.74 Å². The number of esters is 2. The van der Waals surface area contributed by atoms with E-state index in [1.165, 1.54) is 51.4 Å². The van der Waals surface area contributed by atoms with E-state index in [1.54, 1.807) is 0 Å². The van der Waals surface area contributed by atoms with Crippen LogP contribution in [0.15, 0.2) is 0 Å². The summed E-state index contributed by atoms with van der Waals surface area (Å²) in [5.41, 5.74) is -0.0677. The first-order valence-corrected chi connectivity index (χ1v) is 9.78. The lowest BCUT2D eigenvalue weighted by Gasteiger charge is -2.33. The summed E-state index contributed by atoms with van der Waals surface area (Å²) < 4.78 is 4.83. The van der Waals surface area contributed by atoms with E-state index in [1.807, 2.05) is 0 Å². The van der Waals surface area contributed by atoms with Gasteiger partial charge in [0, 0.05) is 0 Å². The van der Waals surface area contributed by atoms with Gasteiger partial charge in [-0.05, 0) is 18.3 Å². The summed E-state index contributed by atoms with van der Waals surface area (Å²) in [4.78, 5) is 23.5. The van der Waals surface area contributed by atoms with Crippen molar-refractivity contribution < 1.29 is 14.3 Å². The van der Waals surface area contributed by atoms with E-state index >= 15 is 0 Å². The molecule has 0 aliphatic carbocycles. The normalized spacial score (nSPS) is 20.6. The second-order valence-corrected chi connectivity index (χ2v) is 7.53. The first-order valence-electron chi connectivity index (χ1n) is 9.78. The van der Waals surface area contributed by atoms with E-state index in [0.717, 1.165) is 25.7 Å². The molecule has 0 spiro atoms. The van der Waals surface area contributed by atoms with Crippen molar-refractivity contribution in [3.05, 3.63) is 0 Å². The molecule has 1 aliphatic heterocycles. The third kappa shape index (κ3) is 7.05. The van der Waals surface area contributed by atoms with E-state index in [0.29, 0.717) is 6.42 Å². The fourth-order valence-electron chi connectivity index (χ4n) is 3.74. The molecule has 0 aromatic carbocycles. The second kappa shape index (κ2) is 10.8. The van der Waals surface area contributed by atoms with Crippen LogP contribution in [0.2, 0.25) is 0 Å². The minimum absolute atomic E-state index is 0.0677. The van der Waals surface area contributed by atoms with Crippen molar-refractivity contribution in [3.63, 3.8) is 0 Å². The number of rotatable bonds is 13. The lowest BCUT2D eigenvalue weighted by molar-refractivity contribution is -0.154. The Balaban J connectivity index is 2.50. The molecule has 0 saturated carbocycles. The van der Waals surface area contributed by atoms with Crippen molar-refractivity contribution in [2.45, 2.75) is 104 Å². The summed E-state index contributed by atoms with van der Waals surface area (Å²) in [6, 6.07) is 0. The maximum atomic E-state index is 12.1. The minimum atomic E-state index is -0.331. The zero-order valence-corrected chi connectivity index (χ0v) is 15.5. The third-order valence-electron chi connectivity index (χ3n) is 5.41. The molecule has 0 aromatic heterocycles. The summed E-state index contributed by atoms with van der Waals surface area (Å²) in [6.07, 6.45) is 14.8. The summed E-state index contributed by atoms with van der Waals surface area (Å²) in [7, 11) is 0. The van der Waals surface area contributed by atoms with Crippen LogP contribution in [-0.4, -0.2) is 11.9 Å². The molecule has 0 radical (unpaired) electrons. The molecule has 1 saturated heterocycles. The van der Waals surface area contributed by atoms with Gasteiger partial charge in [-0.3, -0.25) is 9.59 Å². The predicted octanol–water partition coefficient (Wildman–Crippen LogP) is 5.80. The van der Waals surface area contributed by atoms with Gasteiger partial charge in [-0.1, -0.05) is 85.0 Å². The number of ether oxygens (including phenoxy) is 1. The van der Waals surface area contributed by atoms with Gasteiger partial charge in [0.1, 0.15) is 0 Å². The lowest BCUT2D eigenvalue weighted by Crippen LogP contribution is -2.31. The second-order valence-electron chi connectivity index (χ2n) is 7.53. The maximum absolute atomic E-state index is 12.1. The SMILES string of the molecule is CCCCCCCCC(C)(CCCCCC)C1CC(=O)OC1=O. The molecule has 3 nitrogen and oxygen atoms in total. The van der Waals surface area contributed by atoms with E-state index in [2.05, 4.69) is 20.8 Å². The Morgan fingerprint density at radius 3 is 1.83 bits per heavy atom. The fraction of sp³-hybridized carbons (Fsp3) is 0.900. The van der Waals surface area contributed by atoms with Crippen LogP contribution in [0.1, 0.15) is 104 Å². The van der Waals surface area contributed by atoms with Crippen LogP contribution in [0.3, 0.4) is 0 Å². The van der Waals surface area contributed by atoms with Gasteiger partial charge in [-0.15, -0.1) is 0 Å². The minimum Gasteiger partial charge on any atom is -0.393 e. The molecule has 1 rings (SSSR count). The molecule has 1 heterocycles. The largest absolute Gasteiger partial charge is 0.393 e. The maximum Gasteiger partial charge on any atom is 0.317 e. The molecule has 0 N–H and O–H groups in total. The quantitative estimate of drug-likeness (QED) is 0.244. The molecular formula is C20H36O3. The Kier molecular flexibility index (Phi) is 9.50. The first kappa shape index (κ1) is 20.2. The number of hydrogen-bond donors (Lipinski definition) is 0. The van der Waals surface area contributed by atoms with Crippen LogP contribution in [-0.2, 0) is 14.3 Å². The number of carbonyl (C=O) groups excluding carboxylic acids is 2. The number of cyclic esters (lactones) is 2. The summed E-state index contributed by atoms with van der Waals surface area (Å²) in [6.45, 7) is 6.65. The van der Waals surface area contributed by atoms with Gasteiger partial charge in [-0.25, -0.2) is 0 Å². The van der Waals surface area contributed by atoms with Gasteiger partial charge in [0.05, 0.1) is 12.3 Å². The molecule has 0 aromatic rings. The van der Waals surface area contributed by atoms with Crippen molar-refractivity contribution in [2.24, 2.45) is 11.3 Å². The van der Waals surface area contributed by atoms with E-state index in [-0.39, 0.29) is 23.3 Å². The highest BCUT2D eigenvalue weighted by atomic mass is 16.6. The molecule has 2 atom stereocenters. The summed E-state index contributed by atoms with van der Waals surface area (Å²) >= 11 is 0. The zero-order chi connectivity index (χ0) is 17.1. The molecule has 23 heavy (non-hydrogen) atoms. The molecule has 0 amide bonds. The third-order valence-corrected chi connectivity index (χ3v) is 5.41. The highest BCUT2D eigenvalue weighted by Crippen LogP contribution is 2.43. The Morgan fingerprint density at radius 2 is 1.35 bits per heavy atom. The van der Waals surface area contributed by atoms with Crippen LogP contribution < -0.4 is 0 Å². The molecule has 0 bridgehead atoms. The average molecular weight is 325 g/mol. The Hall–Kier alpha value is -0.860. The van der Waals surface area contributed by atoms with Crippen LogP contribution >= 0.6 is 0 Å². The topological polar surface area (TPSA) is 43.4 Å². The van der Waals surface area contributed by atoms with Crippen LogP contribution in [0.25, 0.3) is 0 Å². The van der Waals surface area contributed by atoms with Crippen molar-refractivity contribution in [2.75, 3.05) is 0 Å². The standard InChI is InChI=1S/C20H36O3/c1-4-6-8-10-11-13-15-20(3,14-12-9-7-5-2)17-16-18(21)23-19(17)22/h17H,4-16H2,1-3H3. The monoisotopic (exact) mass is 324 g/mol. The van der Waals surface area contributed by atoms with E-state index < -0.39 is 0 Å². The lowest BCUT2D eigenvalue weighted by atomic mass is 9.69. The van der Waals surface area contributed by atoms with Crippen LogP contribution in [0.4, 0.5) is 0 Å². The smallest absolute Gasteiger partial charge is 0.317 e. The van der Waals surface area contributed by atoms with Gasteiger partial charge in [0.25, 0.3) is 0 Å². The van der Waals surface area contributed by atoms with E-state index in [9.17, 15) is 9.59 Å². The summed E-state index contributed by atoms with van der Waals surface area (Å²) in [5, 5.41) is 0. The number of unbranched alkanes of at least 4 members (excludes halogenated alkanes) is 8. The fourth-order valence-corrected chi connectivity index (χ4v) is 3.74.